The minimum Gasteiger partial charge on any atom is -0.354 e. The number of benzene rings is 1. The van der Waals surface area contributed by atoms with E-state index < -0.39 is 0 Å². The normalized spacial score (nSPS) is 28.3. The van der Waals surface area contributed by atoms with Gasteiger partial charge in [0, 0.05) is 43.7 Å². The summed E-state index contributed by atoms with van der Waals surface area (Å²) < 4.78 is 0. The number of rotatable bonds is 5. The van der Waals surface area contributed by atoms with Crippen molar-refractivity contribution >= 4 is 5.96 Å². The second kappa shape index (κ2) is 8.43. The molecule has 0 spiro atoms. The van der Waals surface area contributed by atoms with Crippen LogP contribution in [0.25, 0.3) is 0 Å². The summed E-state index contributed by atoms with van der Waals surface area (Å²) in [6.07, 6.45) is 9.42. The summed E-state index contributed by atoms with van der Waals surface area (Å²) >= 11 is 0. The topological polar surface area (TPSA) is 39.7 Å². The van der Waals surface area contributed by atoms with E-state index in [-0.39, 0.29) is 0 Å². The fraction of sp³-hybridized carbons (Fsp3) is 0.682. The molecule has 0 aromatic heterocycles. The molecule has 4 heteroatoms. The minimum atomic E-state index is 0.536. The molecule has 26 heavy (non-hydrogen) atoms. The van der Waals surface area contributed by atoms with E-state index in [1.807, 2.05) is 0 Å². The van der Waals surface area contributed by atoms with Crippen LogP contribution >= 0.6 is 0 Å². The molecule has 1 heterocycles. The molecule has 2 aliphatic carbocycles. The molecule has 4 rings (SSSR count). The molecule has 1 aromatic rings. The van der Waals surface area contributed by atoms with Crippen LogP contribution in [0.2, 0.25) is 0 Å². The zero-order valence-electron chi connectivity index (χ0n) is 16.2. The van der Waals surface area contributed by atoms with Crippen LogP contribution in [-0.2, 0) is 0 Å². The zero-order chi connectivity index (χ0) is 17.8. The molecule has 1 aliphatic heterocycles. The smallest absolute Gasteiger partial charge is 0.191 e. The molecular weight excluding hydrogens is 320 g/mol. The van der Waals surface area contributed by atoms with E-state index in [4.69, 9.17) is 4.99 Å². The maximum absolute atomic E-state index is 4.70. The summed E-state index contributed by atoms with van der Waals surface area (Å²) in [7, 11) is 0. The van der Waals surface area contributed by atoms with Gasteiger partial charge in [0.15, 0.2) is 5.96 Å². The number of hydrogen-bond acceptors (Lipinski definition) is 2. The molecule has 0 radical (unpaired) electrons. The summed E-state index contributed by atoms with van der Waals surface area (Å²) in [5, 5.41) is 7.40. The highest BCUT2D eigenvalue weighted by Crippen LogP contribution is 2.40. The van der Waals surface area contributed by atoms with Crippen molar-refractivity contribution < 1.29 is 0 Å². The fourth-order valence-electron chi connectivity index (χ4n) is 4.76. The first-order valence-electron chi connectivity index (χ1n) is 10.7. The lowest BCUT2D eigenvalue weighted by Gasteiger charge is -2.36. The van der Waals surface area contributed by atoms with E-state index in [0.717, 1.165) is 18.5 Å². The quantitative estimate of drug-likeness (QED) is 0.628. The van der Waals surface area contributed by atoms with Crippen molar-refractivity contribution in [2.45, 2.75) is 75.9 Å². The second-order valence-electron chi connectivity index (χ2n) is 8.22. The summed E-state index contributed by atoms with van der Waals surface area (Å²) in [6, 6.07) is 12.8. The first-order chi connectivity index (χ1) is 12.8. The van der Waals surface area contributed by atoms with Gasteiger partial charge in [-0.2, -0.15) is 0 Å². The third-order valence-corrected chi connectivity index (χ3v) is 6.37. The summed E-state index contributed by atoms with van der Waals surface area (Å²) in [4.78, 5) is 7.44. The Bertz CT molecular complexity index is 585. The van der Waals surface area contributed by atoms with Crippen molar-refractivity contribution in [1.29, 1.82) is 0 Å². The van der Waals surface area contributed by atoms with E-state index in [9.17, 15) is 0 Å². The van der Waals surface area contributed by atoms with Crippen LogP contribution in [0, 0.1) is 0 Å². The Morgan fingerprint density at radius 3 is 2.46 bits per heavy atom. The third-order valence-electron chi connectivity index (χ3n) is 6.37. The zero-order valence-corrected chi connectivity index (χ0v) is 16.2. The molecule has 2 atom stereocenters. The first kappa shape index (κ1) is 17.8. The number of nitrogens with zero attached hydrogens (tertiary/aromatic N) is 2. The Kier molecular flexibility index (Phi) is 5.78. The lowest BCUT2D eigenvalue weighted by Crippen LogP contribution is -2.50. The van der Waals surface area contributed by atoms with E-state index in [1.165, 1.54) is 63.6 Å². The molecule has 0 amide bonds. The van der Waals surface area contributed by atoms with Crippen LogP contribution in [0.15, 0.2) is 35.3 Å². The molecule has 2 N–H and O–H groups in total. The van der Waals surface area contributed by atoms with Crippen LogP contribution in [0.5, 0.6) is 0 Å². The van der Waals surface area contributed by atoms with Gasteiger partial charge in [-0.05, 0) is 44.6 Å². The van der Waals surface area contributed by atoms with Crippen LogP contribution < -0.4 is 10.6 Å². The summed E-state index contributed by atoms with van der Waals surface area (Å²) in [5.74, 6) is 1.67. The Balaban J connectivity index is 1.25. The Morgan fingerprint density at radius 2 is 1.77 bits per heavy atom. The minimum absolute atomic E-state index is 0.536. The van der Waals surface area contributed by atoms with Crippen molar-refractivity contribution in [1.82, 2.24) is 15.5 Å². The Labute approximate surface area is 158 Å². The summed E-state index contributed by atoms with van der Waals surface area (Å²) in [5.41, 5.74) is 1.45. The van der Waals surface area contributed by atoms with Gasteiger partial charge in [-0.1, -0.05) is 43.2 Å². The number of aliphatic imine (C=N–C) groups is 1. The Morgan fingerprint density at radius 1 is 1.04 bits per heavy atom. The predicted molar refractivity (Wildman–Crippen MR) is 109 cm³/mol. The molecule has 2 unspecified atom stereocenters. The standard InChI is InChI=1S/C22H34N4/c1-2-23-22(25-21-16-20(21)17-8-4-3-5-9-17)24-18-12-14-26(15-13-18)19-10-6-7-11-19/h3-5,8-9,18-21H,2,6-7,10-16H2,1H3,(H2,23,24,25). The Hall–Kier alpha value is -1.55. The van der Waals surface area contributed by atoms with Gasteiger partial charge < -0.3 is 15.5 Å². The molecule has 2 saturated carbocycles. The predicted octanol–water partition coefficient (Wildman–Crippen LogP) is 3.50. The van der Waals surface area contributed by atoms with Crippen molar-refractivity contribution in [2.24, 2.45) is 4.99 Å². The lowest BCUT2D eigenvalue weighted by molar-refractivity contribution is 0.150. The summed E-state index contributed by atoms with van der Waals surface area (Å²) in [6.45, 7) is 5.45. The van der Waals surface area contributed by atoms with Gasteiger partial charge in [0.05, 0.1) is 0 Å². The van der Waals surface area contributed by atoms with Gasteiger partial charge >= 0.3 is 0 Å². The number of hydrogen-bond donors (Lipinski definition) is 2. The second-order valence-corrected chi connectivity index (χ2v) is 8.22. The van der Waals surface area contributed by atoms with Gasteiger partial charge in [-0.3, -0.25) is 4.99 Å². The fourth-order valence-corrected chi connectivity index (χ4v) is 4.76. The third kappa shape index (κ3) is 4.40. The van der Waals surface area contributed by atoms with Crippen LogP contribution in [-0.4, -0.2) is 48.6 Å². The van der Waals surface area contributed by atoms with Crippen molar-refractivity contribution in [3.05, 3.63) is 35.9 Å². The average Bonchev–Trinajstić information content (AvgIpc) is 3.22. The molecule has 0 bridgehead atoms. The molecule has 3 fully saturated rings. The van der Waals surface area contributed by atoms with Crippen molar-refractivity contribution in [3.8, 4) is 0 Å². The maximum Gasteiger partial charge on any atom is 0.191 e. The van der Waals surface area contributed by atoms with Gasteiger partial charge in [-0.15, -0.1) is 0 Å². The molecule has 1 saturated heterocycles. The number of nitrogens with one attached hydrogen (secondary N) is 2. The highest BCUT2D eigenvalue weighted by atomic mass is 15.2. The highest BCUT2D eigenvalue weighted by Gasteiger charge is 2.39. The van der Waals surface area contributed by atoms with Gasteiger partial charge in [0.2, 0.25) is 0 Å². The SMILES string of the molecule is CCN=C(NC1CCN(C2CCCC2)CC1)NC1CC1c1ccccc1. The number of guanidine groups is 1. The van der Waals surface area contributed by atoms with E-state index in [2.05, 4.69) is 52.8 Å². The van der Waals surface area contributed by atoms with Gasteiger partial charge in [-0.25, -0.2) is 0 Å². The van der Waals surface area contributed by atoms with Crippen LogP contribution in [0.4, 0.5) is 0 Å². The van der Waals surface area contributed by atoms with Crippen molar-refractivity contribution in [2.75, 3.05) is 19.6 Å². The highest BCUT2D eigenvalue weighted by molar-refractivity contribution is 5.81. The molecule has 4 nitrogen and oxygen atoms in total. The van der Waals surface area contributed by atoms with Crippen LogP contribution in [0.3, 0.4) is 0 Å². The maximum atomic E-state index is 4.70. The number of piperidine rings is 1. The average molecular weight is 355 g/mol. The molecular formula is C22H34N4. The monoisotopic (exact) mass is 354 g/mol. The molecule has 3 aliphatic rings. The van der Waals surface area contributed by atoms with E-state index in [1.54, 1.807) is 0 Å². The van der Waals surface area contributed by atoms with Gasteiger partial charge in [0.25, 0.3) is 0 Å². The first-order valence-corrected chi connectivity index (χ1v) is 10.7. The lowest BCUT2D eigenvalue weighted by atomic mass is 10.0. The molecule has 142 valence electrons. The number of likely N-dealkylation sites (tertiary alicyclic amines) is 1. The van der Waals surface area contributed by atoms with E-state index >= 15 is 0 Å². The van der Waals surface area contributed by atoms with Gasteiger partial charge in [0.1, 0.15) is 0 Å². The van der Waals surface area contributed by atoms with E-state index in [0.29, 0.717) is 18.0 Å². The van der Waals surface area contributed by atoms with Crippen LogP contribution in [0.1, 0.15) is 63.4 Å². The molecule has 1 aromatic carbocycles. The largest absolute Gasteiger partial charge is 0.354 e. The van der Waals surface area contributed by atoms with Crippen molar-refractivity contribution in [3.63, 3.8) is 0 Å².